The van der Waals surface area contributed by atoms with Gasteiger partial charge in [-0.3, -0.25) is 4.79 Å². The lowest BCUT2D eigenvalue weighted by molar-refractivity contribution is -0.123. The zero-order chi connectivity index (χ0) is 9.84. The van der Waals surface area contributed by atoms with Crippen LogP contribution >= 0.6 is 0 Å². The first kappa shape index (κ1) is 10.5. The average Bonchev–Trinajstić information content (AvgIpc) is 2.95. The van der Waals surface area contributed by atoms with Crippen LogP contribution in [0.25, 0.3) is 0 Å². The molecule has 0 aromatic heterocycles. The summed E-state index contributed by atoms with van der Waals surface area (Å²) >= 11 is 0. The van der Waals surface area contributed by atoms with Crippen LogP contribution in [0.2, 0.25) is 0 Å². The highest BCUT2D eigenvalue weighted by Crippen LogP contribution is 2.27. The SMILES string of the molecule is CCC(C)[C@H](N)C(=O)NCC1CC1. The van der Waals surface area contributed by atoms with Gasteiger partial charge in [0, 0.05) is 6.54 Å². The van der Waals surface area contributed by atoms with Crippen molar-refractivity contribution < 1.29 is 4.79 Å². The maximum atomic E-state index is 11.4. The molecule has 76 valence electrons. The zero-order valence-corrected chi connectivity index (χ0v) is 8.55. The number of carbonyl (C=O) groups is 1. The second-order valence-electron chi connectivity index (χ2n) is 4.10. The standard InChI is InChI=1S/C10H20N2O/c1-3-7(2)9(11)10(13)12-6-8-4-5-8/h7-9H,3-6,11H2,1-2H3,(H,12,13)/t7?,9-/m0/s1. The number of rotatable bonds is 5. The molecule has 1 aliphatic carbocycles. The van der Waals surface area contributed by atoms with Gasteiger partial charge in [0.2, 0.25) is 5.91 Å². The molecular weight excluding hydrogens is 164 g/mol. The molecule has 0 heterocycles. The smallest absolute Gasteiger partial charge is 0.237 e. The van der Waals surface area contributed by atoms with Gasteiger partial charge in [-0.2, -0.15) is 0 Å². The van der Waals surface area contributed by atoms with Gasteiger partial charge in [0.1, 0.15) is 0 Å². The molecule has 1 unspecified atom stereocenters. The van der Waals surface area contributed by atoms with Crippen molar-refractivity contribution in [1.82, 2.24) is 5.32 Å². The molecule has 3 nitrogen and oxygen atoms in total. The molecule has 0 bridgehead atoms. The fraction of sp³-hybridized carbons (Fsp3) is 0.900. The summed E-state index contributed by atoms with van der Waals surface area (Å²) in [6, 6.07) is -0.330. The van der Waals surface area contributed by atoms with Crippen LogP contribution in [0.15, 0.2) is 0 Å². The van der Waals surface area contributed by atoms with E-state index in [1.807, 2.05) is 6.92 Å². The Morgan fingerprint density at radius 2 is 2.23 bits per heavy atom. The van der Waals surface area contributed by atoms with E-state index in [2.05, 4.69) is 12.2 Å². The van der Waals surface area contributed by atoms with Gasteiger partial charge in [-0.15, -0.1) is 0 Å². The maximum absolute atomic E-state index is 11.4. The Bertz CT molecular complexity index is 178. The molecule has 0 saturated heterocycles. The Hall–Kier alpha value is -0.570. The summed E-state index contributed by atoms with van der Waals surface area (Å²) in [4.78, 5) is 11.4. The van der Waals surface area contributed by atoms with Crippen LogP contribution < -0.4 is 11.1 Å². The molecule has 1 saturated carbocycles. The molecule has 0 aromatic rings. The largest absolute Gasteiger partial charge is 0.354 e. The summed E-state index contributed by atoms with van der Waals surface area (Å²) in [5, 5.41) is 2.90. The van der Waals surface area contributed by atoms with Crippen LogP contribution in [-0.4, -0.2) is 18.5 Å². The minimum atomic E-state index is -0.330. The summed E-state index contributed by atoms with van der Waals surface area (Å²) in [6.45, 7) is 4.89. The van der Waals surface area contributed by atoms with Crippen molar-refractivity contribution in [2.45, 2.75) is 39.2 Å². The van der Waals surface area contributed by atoms with E-state index >= 15 is 0 Å². The fourth-order valence-corrected chi connectivity index (χ4v) is 1.20. The molecular formula is C10H20N2O. The molecule has 1 aliphatic rings. The van der Waals surface area contributed by atoms with Gasteiger partial charge in [-0.05, 0) is 24.7 Å². The van der Waals surface area contributed by atoms with Gasteiger partial charge >= 0.3 is 0 Å². The number of hydrogen-bond donors (Lipinski definition) is 2. The maximum Gasteiger partial charge on any atom is 0.237 e. The Kier molecular flexibility index (Phi) is 3.72. The van der Waals surface area contributed by atoms with E-state index in [0.29, 0.717) is 0 Å². The predicted molar refractivity (Wildman–Crippen MR) is 53.2 cm³/mol. The molecule has 0 radical (unpaired) electrons. The minimum Gasteiger partial charge on any atom is -0.354 e. The molecule has 13 heavy (non-hydrogen) atoms. The number of amides is 1. The summed E-state index contributed by atoms with van der Waals surface area (Å²) in [7, 11) is 0. The number of carbonyl (C=O) groups excluding carboxylic acids is 1. The molecule has 0 spiro atoms. The molecule has 1 amide bonds. The van der Waals surface area contributed by atoms with Gasteiger partial charge < -0.3 is 11.1 Å². The molecule has 3 heteroatoms. The van der Waals surface area contributed by atoms with Crippen molar-refractivity contribution in [1.29, 1.82) is 0 Å². The van der Waals surface area contributed by atoms with Gasteiger partial charge in [-0.25, -0.2) is 0 Å². The Balaban J connectivity index is 2.19. The Labute approximate surface area is 80.1 Å². The topological polar surface area (TPSA) is 55.1 Å². The Morgan fingerprint density at radius 3 is 2.69 bits per heavy atom. The van der Waals surface area contributed by atoms with E-state index < -0.39 is 0 Å². The zero-order valence-electron chi connectivity index (χ0n) is 8.55. The predicted octanol–water partition coefficient (Wildman–Crippen LogP) is 0.886. The molecule has 3 N–H and O–H groups in total. The first-order chi connectivity index (χ1) is 6.15. The van der Waals surface area contributed by atoms with E-state index in [0.717, 1.165) is 18.9 Å². The summed E-state index contributed by atoms with van der Waals surface area (Å²) in [5.41, 5.74) is 5.77. The highest BCUT2D eigenvalue weighted by atomic mass is 16.2. The lowest BCUT2D eigenvalue weighted by atomic mass is 9.99. The van der Waals surface area contributed by atoms with Crippen LogP contribution in [0.5, 0.6) is 0 Å². The van der Waals surface area contributed by atoms with Crippen LogP contribution in [0, 0.1) is 11.8 Å². The van der Waals surface area contributed by atoms with Crippen molar-refractivity contribution in [3.05, 3.63) is 0 Å². The molecule has 2 atom stereocenters. The first-order valence-corrected chi connectivity index (χ1v) is 5.18. The summed E-state index contributed by atoms with van der Waals surface area (Å²) in [5.74, 6) is 1.02. The van der Waals surface area contributed by atoms with Crippen molar-refractivity contribution in [3.63, 3.8) is 0 Å². The number of hydrogen-bond acceptors (Lipinski definition) is 2. The lowest BCUT2D eigenvalue weighted by Crippen LogP contribution is -2.45. The third kappa shape index (κ3) is 3.35. The number of nitrogens with one attached hydrogen (secondary N) is 1. The third-order valence-electron chi connectivity index (χ3n) is 2.82. The van der Waals surface area contributed by atoms with Crippen molar-refractivity contribution in [3.8, 4) is 0 Å². The number of nitrogens with two attached hydrogens (primary N) is 1. The highest BCUT2D eigenvalue weighted by Gasteiger charge is 2.24. The third-order valence-corrected chi connectivity index (χ3v) is 2.82. The first-order valence-electron chi connectivity index (χ1n) is 5.18. The van der Waals surface area contributed by atoms with Crippen molar-refractivity contribution >= 4 is 5.91 Å². The van der Waals surface area contributed by atoms with Gasteiger partial charge in [0.05, 0.1) is 6.04 Å². The fourth-order valence-electron chi connectivity index (χ4n) is 1.20. The van der Waals surface area contributed by atoms with Gasteiger partial charge in [-0.1, -0.05) is 20.3 Å². The summed E-state index contributed by atoms with van der Waals surface area (Å²) in [6.07, 6.45) is 3.48. The van der Waals surface area contributed by atoms with Crippen molar-refractivity contribution in [2.24, 2.45) is 17.6 Å². The monoisotopic (exact) mass is 184 g/mol. The molecule has 0 aromatic carbocycles. The van der Waals surface area contributed by atoms with E-state index in [-0.39, 0.29) is 17.9 Å². The molecule has 1 fully saturated rings. The Morgan fingerprint density at radius 1 is 1.62 bits per heavy atom. The van der Waals surface area contributed by atoms with Crippen LogP contribution in [-0.2, 0) is 4.79 Å². The van der Waals surface area contributed by atoms with Gasteiger partial charge in [0.25, 0.3) is 0 Å². The van der Waals surface area contributed by atoms with E-state index in [9.17, 15) is 4.79 Å². The minimum absolute atomic E-state index is 0.0150. The quantitative estimate of drug-likeness (QED) is 0.666. The van der Waals surface area contributed by atoms with Crippen LogP contribution in [0.1, 0.15) is 33.1 Å². The van der Waals surface area contributed by atoms with E-state index in [1.54, 1.807) is 0 Å². The second-order valence-corrected chi connectivity index (χ2v) is 4.10. The van der Waals surface area contributed by atoms with Crippen molar-refractivity contribution in [2.75, 3.05) is 6.54 Å². The lowest BCUT2D eigenvalue weighted by Gasteiger charge is -2.17. The van der Waals surface area contributed by atoms with Crippen LogP contribution in [0.4, 0.5) is 0 Å². The normalized spacial score (nSPS) is 20.8. The van der Waals surface area contributed by atoms with Gasteiger partial charge in [0.15, 0.2) is 0 Å². The second kappa shape index (κ2) is 4.61. The van der Waals surface area contributed by atoms with E-state index in [1.165, 1.54) is 12.8 Å². The van der Waals surface area contributed by atoms with E-state index in [4.69, 9.17) is 5.73 Å². The molecule has 0 aliphatic heterocycles. The van der Waals surface area contributed by atoms with Crippen LogP contribution in [0.3, 0.4) is 0 Å². The molecule has 1 rings (SSSR count). The summed E-state index contributed by atoms with van der Waals surface area (Å²) < 4.78 is 0. The average molecular weight is 184 g/mol. The highest BCUT2D eigenvalue weighted by molar-refractivity contribution is 5.81.